The Hall–Kier alpha value is -2.48. The second-order valence-electron chi connectivity index (χ2n) is 8.32. The molecule has 13 heteroatoms. The van der Waals surface area contributed by atoms with E-state index in [-0.39, 0.29) is 43.6 Å². The first-order valence-electron chi connectivity index (χ1n) is 11.0. The van der Waals surface area contributed by atoms with E-state index in [1.165, 1.54) is 4.31 Å². The number of aromatic nitrogens is 1. The minimum absolute atomic E-state index is 0.0146. The van der Waals surface area contributed by atoms with Gasteiger partial charge in [-0.15, -0.1) is 0 Å². The van der Waals surface area contributed by atoms with Crippen LogP contribution < -0.4 is 10.0 Å². The maximum Gasteiger partial charge on any atom is 0.304 e. The van der Waals surface area contributed by atoms with Crippen molar-refractivity contribution in [2.24, 2.45) is 0 Å². The van der Waals surface area contributed by atoms with Gasteiger partial charge in [-0.3, -0.25) is 4.79 Å². The molecule has 1 saturated heterocycles. The molecule has 1 aromatic carbocycles. The number of aryl methyl sites for hydroxylation is 3. The van der Waals surface area contributed by atoms with Gasteiger partial charge in [-0.25, -0.2) is 17.4 Å². The van der Waals surface area contributed by atoms with E-state index < -0.39 is 26.1 Å². The number of nitrogens with zero attached hydrogens (tertiary/aromatic N) is 3. The predicted octanol–water partition coefficient (Wildman–Crippen LogP) is 2.07. The summed E-state index contributed by atoms with van der Waals surface area (Å²) in [6.07, 6.45) is 1.88. The van der Waals surface area contributed by atoms with E-state index >= 15 is 0 Å². The van der Waals surface area contributed by atoms with Crippen molar-refractivity contribution in [2.75, 3.05) is 37.2 Å². The van der Waals surface area contributed by atoms with Gasteiger partial charge in [-0.1, -0.05) is 13.0 Å². The Balaban J connectivity index is 1.65. The number of oxazole rings is 1. The molecule has 2 aromatic rings. The van der Waals surface area contributed by atoms with Gasteiger partial charge in [-0.2, -0.15) is 17.7 Å². The van der Waals surface area contributed by atoms with Crippen LogP contribution in [0.15, 0.2) is 22.8 Å². The Morgan fingerprint density at radius 2 is 1.65 bits per heavy atom. The molecule has 188 valence electrons. The number of benzene rings is 1. The summed E-state index contributed by atoms with van der Waals surface area (Å²) >= 11 is 0. The maximum atomic E-state index is 12.8. The van der Waals surface area contributed by atoms with Crippen LogP contribution in [0, 0.1) is 20.8 Å². The highest BCUT2D eigenvalue weighted by atomic mass is 32.2. The van der Waals surface area contributed by atoms with Gasteiger partial charge in [0.1, 0.15) is 6.26 Å². The van der Waals surface area contributed by atoms with Crippen LogP contribution in [0.3, 0.4) is 0 Å². The van der Waals surface area contributed by atoms with Crippen molar-refractivity contribution in [3.63, 3.8) is 0 Å². The number of carbonyl (C=O) groups excluding carboxylic acids is 1. The summed E-state index contributed by atoms with van der Waals surface area (Å²) in [4.78, 5) is 16.6. The van der Waals surface area contributed by atoms with Crippen molar-refractivity contribution in [3.8, 4) is 0 Å². The normalized spacial score (nSPS) is 16.2. The van der Waals surface area contributed by atoms with Crippen LogP contribution in [0.1, 0.15) is 46.9 Å². The zero-order chi connectivity index (χ0) is 25.1. The summed E-state index contributed by atoms with van der Waals surface area (Å²) in [5.41, 5.74) is 3.74. The number of anilines is 2. The highest BCUT2D eigenvalue weighted by Crippen LogP contribution is 2.24. The standard InChI is InChI=1S/C21H31N5O6S2/c1-5-11-33(28,29)25-7-6-8-26(10-9-25)34(30,31)24-20(27)19-14-32-21(23-19)22-18-13-16(3)15(2)12-17(18)4/h12-14H,5-11H2,1-4H3,(H,22,23)(H,24,27). The summed E-state index contributed by atoms with van der Waals surface area (Å²) < 4.78 is 59.8. The van der Waals surface area contributed by atoms with E-state index in [9.17, 15) is 21.6 Å². The molecule has 0 spiro atoms. The van der Waals surface area contributed by atoms with Crippen LogP contribution >= 0.6 is 0 Å². The Kier molecular flexibility index (Phi) is 8.01. The van der Waals surface area contributed by atoms with E-state index in [1.807, 2.05) is 37.6 Å². The van der Waals surface area contributed by atoms with Gasteiger partial charge in [-0.05, 0) is 56.4 Å². The van der Waals surface area contributed by atoms with Crippen molar-refractivity contribution < 1.29 is 26.0 Å². The number of amides is 1. The first kappa shape index (κ1) is 26.1. The second kappa shape index (κ2) is 10.4. The molecule has 0 unspecified atom stereocenters. The number of rotatable bonds is 8. The monoisotopic (exact) mass is 513 g/mol. The average Bonchev–Trinajstić information content (AvgIpc) is 3.05. The van der Waals surface area contributed by atoms with Crippen molar-refractivity contribution in [1.29, 1.82) is 0 Å². The fraction of sp³-hybridized carbons (Fsp3) is 0.524. The molecule has 0 saturated carbocycles. The summed E-state index contributed by atoms with van der Waals surface area (Å²) in [6, 6.07) is 4.00. The third-order valence-corrected chi connectivity index (χ3v) is 9.21. The predicted molar refractivity (Wildman–Crippen MR) is 129 cm³/mol. The van der Waals surface area contributed by atoms with E-state index in [2.05, 4.69) is 10.3 Å². The molecule has 34 heavy (non-hydrogen) atoms. The lowest BCUT2D eigenvalue weighted by Gasteiger charge is -2.21. The third kappa shape index (κ3) is 6.14. The number of carbonyl (C=O) groups is 1. The van der Waals surface area contributed by atoms with Crippen LogP contribution in [-0.2, 0) is 20.2 Å². The summed E-state index contributed by atoms with van der Waals surface area (Å²) in [5.74, 6) is -0.922. The lowest BCUT2D eigenvalue weighted by atomic mass is 10.1. The smallest absolute Gasteiger partial charge is 0.304 e. The minimum atomic E-state index is -4.19. The molecular formula is C21H31N5O6S2. The molecule has 0 radical (unpaired) electrons. The van der Waals surface area contributed by atoms with E-state index in [1.54, 1.807) is 6.92 Å². The summed E-state index contributed by atoms with van der Waals surface area (Å²) in [6.45, 7) is 7.99. The quantitative estimate of drug-likeness (QED) is 0.546. The maximum absolute atomic E-state index is 12.8. The summed E-state index contributed by atoms with van der Waals surface area (Å²) in [7, 11) is -7.62. The Labute approximate surface area is 200 Å². The van der Waals surface area contributed by atoms with Crippen LogP contribution in [0.5, 0.6) is 0 Å². The van der Waals surface area contributed by atoms with Crippen molar-refractivity contribution in [2.45, 2.75) is 40.5 Å². The van der Waals surface area contributed by atoms with Gasteiger partial charge in [0.15, 0.2) is 5.69 Å². The molecular weight excluding hydrogens is 482 g/mol. The molecule has 11 nitrogen and oxygen atoms in total. The van der Waals surface area contributed by atoms with Crippen LogP contribution in [0.2, 0.25) is 0 Å². The van der Waals surface area contributed by atoms with E-state index in [0.717, 1.165) is 32.9 Å². The van der Waals surface area contributed by atoms with E-state index in [0.29, 0.717) is 12.8 Å². The van der Waals surface area contributed by atoms with Crippen molar-refractivity contribution >= 4 is 37.8 Å². The first-order chi connectivity index (χ1) is 15.9. The van der Waals surface area contributed by atoms with Gasteiger partial charge >= 0.3 is 10.2 Å². The molecule has 1 aromatic heterocycles. The van der Waals surface area contributed by atoms with Gasteiger partial charge in [0, 0.05) is 31.9 Å². The fourth-order valence-electron chi connectivity index (χ4n) is 3.66. The molecule has 2 heterocycles. The number of hydrogen-bond acceptors (Lipinski definition) is 8. The highest BCUT2D eigenvalue weighted by Gasteiger charge is 2.31. The van der Waals surface area contributed by atoms with Crippen molar-refractivity contribution in [3.05, 3.63) is 40.8 Å². The van der Waals surface area contributed by atoms with Crippen LogP contribution in [0.4, 0.5) is 11.7 Å². The first-order valence-corrected chi connectivity index (χ1v) is 14.1. The second-order valence-corrected chi connectivity index (χ2v) is 12.1. The van der Waals surface area contributed by atoms with Crippen LogP contribution in [0.25, 0.3) is 0 Å². The molecule has 1 fully saturated rings. The van der Waals surface area contributed by atoms with Gasteiger partial charge in [0.2, 0.25) is 10.0 Å². The molecule has 3 rings (SSSR count). The Bertz CT molecular complexity index is 1260. The largest absolute Gasteiger partial charge is 0.431 e. The van der Waals surface area contributed by atoms with Gasteiger partial charge < -0.3 is 9.73 Å². The Morgan fingerprint density at radius 1 is 1.00 bits per heavy atom. The zero-order valence-electron chi connectivity index (χ0n) is 19.8. The lowest BCUT2D eigenvalue weighted by molar-refractivity contribution is 0.0974. The molecule has 1 aliphatic rings. The fourth-order valence-corrected chi connectivity index (χ4v) is 6.36. The summed E-state index contributed by atoms with van der Waals surface area (Å²) in [5, 5.41) is 3.00. The molecule has 0 bridgehead atoms. The minimum Gasteiger partial charge on any atom is -0.431 e. The Morgan fingerprint density at radius 3 is 2.35 bits per heavy atom. The van der Waals surface area contributed by atoms with Gasteiger partial charge in [0.25, 0.3) is 11.9 Å². The number of sulfonamides is 1. The number of hydrogen-bond donors (Lipinski definition) is 2. The molecule has 2 N–H and O–H groups in total. The molecule has 1 amide bonds. The molecule has 0 atom stereocenters. The average molecular weight is 514 g/mol. The molecule has 0 aliphatic carbocycles. The zero-order valence-corrected chi connectivity index (χ0v) is 21.4. The topological polar surface area (TPSA) is 142 Å². The third-order valence-electron chi connectivity index (χ3n) is 5.65. The number of nitrogens with one attached hydrogen (secondary N) is 2. The lowest BCUT2D eigenvalue weighted by Crippen LogP contribution is -2.45. The van der Waals surface area contributed by atoms with E-state index in [4.69, 9.17) is 4.42 Å². The van der Waals surface area contributed by atoms with Gasteiger partial charge in [0.05, 0.1) is 5.75 Å². The SMILES string of the molecule is CCCS(=O)(=O)N1CCCN(S(=O)(=O)NC(=O)c2coc(Nc3cc(C)c(C)cc3C)n2)CC1. The van der Waals surface area contributed by atoms with Crippen molar-refractivity contribution in [1.82, 2.24) is 18.3 Å². The van der Waals surface area contributed by atoms with Crippen LogP contribution in [-0.4, -0.2) is 68.3 Å². The highest BCUT2D eigenvalue weighted by molar-refractivity contribution is 7.89. The molecule has 1 aliphatic heterocycles.